The van der Waals surface area contributed by atoms with Crippen LogP contribution in [-0.2, 0) is 14.8 Å². The van der Waals surface area contributed by atoms with Crippen LogP contribution < -0.4 is 5.73 Å². The van der Waals surface area contributed by atoms with E-state index in [1.54, 1.807) is 6.92 Å². The molecular weight excluding hydrogens is 294 g/mol. The van der Waals surface area contributed by atoms with Gasteiger partial charge < -0.3 is 10.5 Å². The Morgan fingerprint density at radius 3 is 2.63 bits per heavy atom. The molecule has 1 rings (SSSR count). The molecule has 0 aliphatic heterocycles. The average Bonchev–Trinajstić information content (AvgIpc) is 2.73. The van der Waals surface area contributed by atoms with Crippen molar-refractivity contribution in [3.8, 4) is 0 Å². The second-order valence-electron chi connectivity index (χ2n) is 3.56. The predicted octanol–water partition coefficient (Wildman–Crippen LogP) is 0.896. The SMILES string of the molecule is CCN(CCOC)S(=O)(=O)c1cc([N+](=O)[O-])c(N)s1. The molecule has 0 atom stereocenters. The summed E-state index contributed by atoms with van der Waals surface area (Å²) < 4.78 is 30.4. The normalized spacial score (nSPS) is 11.9. The van der Waals surface area contributed by atoms with E-state index in [0.717, 1.165) is 6.07 Å². The van der Waals surface area contributed by atoms with E-state index in [1.165, 1.54) is 11.4 Å². The number of sulfonamides is 1. The van der Waals surface area contributed by atoms with E-state index in [4.69, 9.17) is 10.5 Å². The smallest absolute Gasteiger partial charge is 0.304 e. The fraction of sp³-hybridized carbons (Fsp3) is 0.556. The summed E-state index contributed by atoms with van der Waals surface area (Å²) in [6, 6.07) is 0.991. The van der Waals surface area contributed by atoms with Crippen LogP contribution in [0.1, 0.15) is 6.92 Å². The number of hydrogen-bond donors (Lipinski definition) is 1. The van der Waals surface area contributed by atoms with Gasteiger partial charge in [-0.1, -0.05) is 18.3 Å². The molecular formula is C9H15N3O5S2. The first-order chi connectivity index (χ1) is 8.84. The lowest BCUT2D eigenvalue weighted by Crippen LogP contribution is -2.33. The molecule has 0 aromatic carbocycles. The van der Waals surface area contributed by atoms with Crippen LogP contribution in [0.4, 0.5) is 10.7 Å². The molecule has 0 fully saturated rings. The summed E-state index contributed by atoms with van der Waals surface area (Å²) in [5.41, 5.74) is 5.07. The number of nitrogens with zero attached hydrogens (tertiary/aromatic N) is 2. The van der Waals surface area contributed by atoms with Gasteiger partial charge in [0.05, 0.1) is 11.5 Å². The highest BCUT2D eigenvalue weighted by Crippen LogP contribution is 2.35. The lowest BCUT2D eigenvalue weighted by molar-refractivity contribution is -0.383. The van der Waals surface area contributed by atoms with E-state index in [1.807, 2.05) is 0 Å². The molecule has 19 heavy (non-hydrogen) atoms. The highest BCUT2D eigenvalue weighted by molar-refractivity contribution is 7.91. The van der Waals surface area contributed by atoms with Crippen molar-refractivity contribution in [1.82, 2.24) is 4.31 Å². The first-order valence-corrected chi connectivity index (χ1v) is 7.63. The highest BCUT2D eigenvalue weighted by atomic mass is 32.2. The molecule has 1 aromatic heterocycles. The molecule has 2 N–H and O–H groups in total. The van der Waals surface area contributed by atoms with E-state index in [9.17, 15) is 18.5 Å². The molecule has 0 unspecified atom stereocenters. The molecule has 1 heterocycles. The summed E-state index contributed by atoms with van der Waals surface area (Å²) in [4.78, 5) is 9.98. The maximum Gasteiger partial charge on any atom is 0.304 e. The van der Waals surface area contributed by atoms with Crippen LogP contribution in [0.15, 0.2) is 10.3 Å². The zero-order valence-electron chi connectivity index (χ0n) is 10.5. The number of nitro groups is 1. The topological polar surface area (TPSA) is 116 Å². The van der Waals surface area contributed by atoms with Gasteiger partial charge in [-0.15, -0.1) is 0 Å². The number of methoxy groups -OCH3 is 1. The van der Waals surface area contributed by atoms with E-state index < -0.39 is 14.9 Å². The van der Waals surface area contributed by atoms with Gasteiger partial charge in [-0.2, -0.15) is 4.31 Å². The van der Waals surface area contributed by atoms with E-state index >= 15 is 0 Å². The van der Waals surface area contributed by atoms with Crippen LogP contribution in [0.5, 0.6) is 0 Å². The average molecular weight is 309 g/mol. The molecule has 0 amide bonds. The molecule has 8 nitrogen and oxygen atoms in total. The third kappa shape index (κ3) is 3.41. The third-order valence-electron chi connectivity index (χ3n) is 2.41. The Morgan fingerprint density at radius 1 is 1.58 bits per heavy atom. The zero-order chi connectivity index (χ0) is 14.6. The van der Waals surface area contributed by atoms with Crippen molar-refractivity contribution in [3.05, 3.63) is 16.2 Å². The molecule has 0 spiro atoms. The van der Waals surface area contributed by atoms with Crippen molar-refractivity contribution < 1.29 is 18.1 Å². The number of likely N-dealkylation sites (N-methyl/N-ethyl adjacent to an activating group) is 1. The zero-order valence-corrected chi connectivity index (χ0v) is 12.2. The number of anilines is 1. The highest BCUT2D eigenvalue weighted by Gasteiger charge is 2.29. The molecule has 108 valence electrons. The molecule has 0 radical (unpaired) electrons. The fourth-order valence-electron chi connectivity index (χ4n) is 1.41. The molecule has 0 aliphatic rings. The standard InChI is InChI=1S/C9H15N3O5S2/c1-3-11(4-5-17-2)19(15,16)8-6-7(12(13)14)9(10)18-8/h6H,3-5,10H2,1-2H3. The number of nitrogens with two attached hydrogens (primary N) is 1. The summed E-state index contributed by atoms with van der Waals surface area (Å²) in [6.07, 6.45) is 0. The molecule has 0 saturated carbocycles. The van der Waals surface area contributed by atoms with Crippen molar-refractivity contribution >= 4 is 32.0 Å². The Balaban J connectivity index is 3.11. The first-order valence-electron chi connectivity index (χ1n) is 5.37. The number of thiophene rings is 1. The minimum atomic E-state index is -3.77. The Kier molecular flexibility index (Phi) is 5.23. The minimum Gasteiger partial charge on any atom is -0.385 e. The number of rotatable bonds is 7. The van der Waals surface area contributed by atoms with Gasteiger partial charge in [0.25, 0.3) is 10.0 Å². The summed E-state index contributed by atoms with van der Waals surface area (Å²) >= 11 is 0.692. The van der Waals surface area contributed by atoms with Crippen LogP contribution in [0, 0.1) is 10.1 Å². The quantitative estimate of drug-likeness (QED) is 0.591. The predicted molar refractivity (Wildman–Crippen MR) is 71.7 cm³/mol. The second kappa shape index (κ2) is 6.28. The van der Waals surface area contributed by atoms with Gasteiger partial charge in [0.2, 0.25) is 0 Å². The Bertz CT molecular complexity index is 554. The van der Waals surface area contributed by atoms with E-state index in [-0.39, 0.29) is 34.6 Å². The van der Waals surface area contributed by atoms with Crippen LogP contribution in [-0.4, -0.2) is 44.5 Å². The lowest BCUT2D eigenvalue weighted by atomic mass is 10.5. The lowest BCUT2D eigenvalue weighted by Gasteiger charge is -2.18. The van der Waals surface area contributed by atoms with Gasteiger partial charge >= 0.3 is 5.69 Å². The number of nitrogen functional groups attached to an aromatic ring is 1. The van der Waals surface area contributed by atoms with Crippen LogP contribution in [0.2, 0.25) is 0 Å². The number of ether oxygens (including phenoxy) is 1. The first kappa shape index (κ1) is 15.8. The van der Waals surface area contributed by atoms with Crippen molar-refractivity contribution in [2.24, 2.45) is 0 Å². The molecule has 0 bridgehead atoms. The van der Waals surface area contributed by atoms with Crippen LogP contribution in [0.25, 0.3) is 0 Å². The van der Waals surface area contributed by atoms with Crippen molar-refractivity contribution in [1.29, 1.82) is 0 Å². The Labute approximate surface area is 115 Å². The monoisotopic (exact) mass is 309 g/mol. The van der Waals surface area contributed by atoms with E-state index in [2.05, 4.69) is 0 Å². The summed E-state index contributed by atoms with van der Waals surface area (Å²) in [6.45, 7) is 2.35. The molecule has 0 aliphatic carbocycles. The molecule has 1 aromatic rings. The van der Waals surface area contributed by atoms with Crippen molar-refractivity contribution in [2.45, 2.75) is 11.1 Å². The molecule has 0 saturated heterocycles. The fourth-order valence-corrected chi connectivity index (χ4v) is 4.21. The van der Waals surface area contributed by atoms with Gasteiger partial charge in [0.15, 0.2) is 5.00 Å². The Morgan fingerprint density at radius 2 is 2.21 bits per heavy atom. The van der Waals surface area contributed by atoms with Crippen molar-refractivity contribution in [3.63, 3.8) is 0 Å². The number of hydrogen-bond acceptors (Lipinski definition) is 7. The second-order valence-corrected chi connectivity index (χ2v) is 6.81. The molecule has 10 heteroatoms. The van der Waals surface area contributed by atoms with E-state index in [0.29, 0.717) is 11.3 Å². The summed E-state index contributed by atoms with van der Waals surface area (Å²) in [7, 11) is -2.30. The summed E-state index contributed by atoms with van der Waals surface area (Å²) in [5.74, 6) is 0. The summed E-state index contributed by atoms with van der Waals surface area (Å²) in [5, 5.41) is 10.6. The van der Waals surface area contributed by atoms with Gasteiger partial charge in [-0.05, 0) is 0 Å². The largest absolute Gasteiger partial charge is 0.385 e. The van der Waals surface area contributed by atoms with Gasteiger partial charge in [0.1, 0.15) is 4.21 Å². The van der Waals surface area contributed by atoms with Crippen LogP contribution >= 0.6 is 11.3 Å². The third-order valence-corrected chi connectivity index (χ3v) is 5.78. The van der Waals surface area contributed by atoms with Gasteiger partial charge in [0, 0.05) is 26.3 Å². The maximum absolute atomic E-state index is 12.3. The minimum absolute atomic E-state index is 0.119. The van der Waals surface area contributed by atoms with Gasteiger partial charge in [-0.25, -0.2) is 8.42 Å². The van der Waals surface area contributed by atoms with Gasteiger partial charge in [-0.3, -0.25) is 10.1 Å². The van der Waals surface area contributed by atoms with Crippen molar-refractivity contribution in [2.75, 3.05) is 32.5 Å². The Hall–Kier alpha value is -1.23. The van der Waals surface area contributed by atoms with Crippen LogP contribution in [0.3, 0.4) is 0 Å². The maximum atomic E-state index is 12.3.